The SMILES string of the molecule is COc1cccc(F)c1-c1nc(SCC(=O)O)n(C)n1. The summed E-state index contributed by atoms with van der Waals surface area (Å²) in [4.78, 5) is 14.7. The number of methoxy groups -OCH3 is 1. The fourth-order valence-electron chi connectivity index (χ4n) is 1.62. The van der Waals surface area contributed by atoms with Crippen LogP contribution in [0, 0.1) is 5.82 Å². The normalized spacial score (nSPS) is 10.6. The summed E-state index contributed by atoms with van der Waals surface area (Å²) in [5.74, 6) is -1.10. The molecule has 0 aliphatic carbocycles. The monoisotopic (exact) mass is 297 g/mol. The summed E-state index contributed by atoms with van der Waals surface area (Å²) in [6.45, 7) is 0. The van der Waals surface area contributed by atoms with E-state index >= 15 is 0 Å². The maximum absolute atomic E-state index is 13.9. The first-order chi connectivity index (χ1) is 9.52. The van der Waals surface area contributed by atoms with Gasteiger partial charge in [0.25, 0.3) is 0 Å². The number of hydrogen-bond acceptors (Lipinski definition) is 5. The van der Waals surface area contributed by atoms with Crippen LogP contribution in [0.25, 0.3) is 11.4 Å². The van der Waals surface area contributed by atoms with Crippen molar-refractivity contribution in [2.75, 3.05) is 12.9 Å². The molecule has 0 amide bonds. The molecule has 0 spiro atoms. The molecule has 0 fully saturated rings. The Morgan fingerprint density at radius 2 is 2.30 bits per heavy atom. The molecular formula is C12H12FN3O3S. The first-order valence-electron chi connectivity index (χ1n) is 5.61. The van der Waals surface area contributed by atoms with Crippen molar-refractivity contribution in [2.24, 2.45) is 7.05 Å². The molecule has 0 bridgehead atoms. The number of aliphatic carboxylic acids is 1. The summed E-state index contributed by atoms with van der Waals surface area (Å²) in [5.41, 5.74) is 0.160. The van der Waals surface area contributed by atoms with E-state index in [-0.39, 0.29) is 17.1 Å². The molecule has 1 heterocycles. The van der Waals surface area contributed by atoms with Crippen LogP contribution in [0.4, 0.5) is 4.39 Å². The average molecular weight is 297 g/mol. The van der Waals surface area contributed by atoms with Gasteiger partial charge in [-0.15, -0.1) is 0 Å². The van der Waals surface area contributed by atoms with Crippen molar-refractivity contribution in [1.29, 1.82) is 0 Å². The van der Waals surface area contributed by atoms with E-state index in [9.17, 15) is 9.18 Å². The largest absolute Gasteiger partial charge is 0.496 e. The summed E-state index contributed by atoms with van der Waals surface area (Å²) >= 11 is 1.02. The van der Waals surface area contributed by atoms with Crippen LogP contribution < -0.4 is 4.74 Å². The van der Waals surface area contributed by atoms with E-state index in [4.69, 9.17) is 9.84 Å². The van der Waals surface area contributed by atoms with Crippen molar-refractivity contribution < 1.29 is 19.0 Å². The Morgan fingerprint density at radius 1 is 1.55 bits per heavy atom. The van der Waals surface area contributed by atoms with Gasteiger partial charge in [0, 0.05) is 7.05 Å². The van der Waals surface area contributed by atoms with Crippen molar-refractivity contribution >= 4 is 17.7 Å². The Bertz CT molecular complexity index is 645. The van der Waals surface area contributed by atoms with Crippen molar-refractivity contribution in [3.63, 3.8) is 0 Å². The number of rotatable bonds is 5. The molecule has 0 unspecified atom stereocenters. The highest BCUT2D eigenvalue weighted by Gasteiger charge is 2.18. The first kappa shape index (κ1) is 14.3. The van der Waals surface area contributed by atoms with E-state index in [1.807, 2.05) is 0 Å². The molecule has 20 heavy (non-hydrogen) atoms. The van der Waals surface area contributed by atoms with E-state index in [2.05, 4.69) is 10.1 Å². The third-order valence-corrected chi connectivity index (χ3v) is 3.47. The summed E-state index contributed by atoms with van der Waals surface area (Å²) < 4.78 is 20.4. The van der Waals surface area contributed by atoms with Gasteiger partial charge in [-0.2, -0.15) is 5.10 Å². The van der Waals surface area contributed by atoms with E-state index in [1.165, 1.54) is 23.9 Å². The minimum atomic E-state index is -0.956. The lowest BCUT2D eigenvalue weighted by molar-refractivity contribution is -0.133. The Morgan fingerprint density at radius 3 is 2.95 bits per heavy atom. The highest BCUT2D eigenvalue weighted by molar-refractivity contribution is 7.99. The fraction of sp³-hybridized carbons (Fsp3) is 0.250. The Balaban J connectivity index is 2.39. The topological polar surface area (TPSA) is 77.2 Å². The molecule has 1 aromatic heterocycles. The summed E-state index contributed by atoms with van der Waals surface area (Å²) in [6.07, 6.45) is 0. The van der Waals surface area contributed by atoms with E-state index in [0.29, 0.717) is 10.9 Å². The van der Waals surface area contributed by atoms with Gasteiger partial charge in [-0.25, -0.2) is 14.1 Å². The Hall–Kier alpha value is -2.09. The van der Waals surface area contributed by atoms with Crippen LogP contribution in [0.2, 0.25) is 0 Å². The van der Waals surface area contributed by atoms with Crippen LogP contribution in [0.3, 0.4) is 0 Å². The van der Waals surface area contributed by atoms with E-state index < -0.39 is 11.8 Å². The van der Waals surface area contributed by atoms with Gasteiger partial charge in [-0.1, -0.05) is 17.8 Å². The zero-order valence-electron chi connectivity index (χ0n) is 10.8. The lowest BCUT2D eigenvalue weighted by Gasteiger charge is -2.05. The third-order valence-electron chi connectivity index (χ3n) is 2.47. The molecule has 106 valence electrons. The number of halogens is 1. The standard InChI is InChI=1S/C12H12FN3O3S/c1-16-12(20-6-9(17)18)14-11(15-16)10-7(13)4-3-5-8(10)19-2/h3-5H,6H2,1-2H3,(H,17,18). The van der Waals surface area contributed by atoms with Crippen LogP contribution in [0.5, 0.6) is 5.75 Å². The number of ether oxygens (including phenoxy) is 1. The van der Waals surface area contributed by atoms with Crippen molar-refractivity contribution in [1.82, 2.24) is 14.8 Å². The molecule has 2 rings (SSSR count). The first-order valence-corrected chi connectivity index (χ1v) is 6.60. The Kier molecular flexibility index (Phi) is 4.23. The maximum atomic E-state index is 13.9. The lowest BCUT2D eigenvalue weighted by atomic mass is 10.2. The molecule has 0 aliphatic rings. The molecule has 0 saturated heterocycles. The van der Waals surface area contributed by atoms with Gasteiger partial charge in [-0.05, 0) is 12.1 Å². The lowest BCUT2D eigenvalue weighted by Crippen LogP contribution is -2.00. The predicted molar refractivity (Wildman–Crippen MR) is 71.3 cm³/mol. The minimum Gasteiger partial charge on any atom is -0.496 e. The van der Waals surface area contributed by atoms with Gasteiger partial charge >= 0.3 is 5.97 Å². The summed E-state index contributed by atoms with van der Waals surface area (Å²) in [6, 6.07) is 4.43. The van der Waals surface area contributed by atoms with E-state index in [1.54, 1.807) is 13.1 Å². The number of carbonyl (C=O) groups is 1. The number of benzene rings is 1. The molecule has 0 radical (unpaired) electrons. The molecule has 1 N–H and O–H groups in total. The zero-order valence-corrected chi connectivity index (χ0v) is 11.6. The second-order valence-electron chi connectivity index (χ2n) is 3.84. The van der Waals surface area contributed by atoms with Crippen LogP contribution >= 0.6 is 11.8 Å². The van der Waals surface area contributed by atoms with E-state index in [0.717, 1.165) is 11.8 Å². The fourth-order valence-corrected chi connectivity index (χ4v) is 2.25. The second-order valence-corrected chi connectivity index (χ2v) is 4.78. The number of carboxylic acids is 1. The molecule has 0 atom stereocenters. The maximum Gasteiger partial charge on any atom is 0.313 e. The number of aryl methyl sites for hydroxylation is 1. The number of aromatic nitrogens is 3. The van der Waals surface area contributed by atoms with Gasteiger partial charge in [0.1, 0.15) is 11.6 Å². The number of nitrogens with zero attached hydrogens (tertiary/aromatic N) is 3. The number of carboxylic acid groups (broad SMARTS) is 1. The Labute approximate surface area is 118 Å². The predicted octanol–water partition coefficient (Wildman–Crippen LogP) is 1.81. The number of hydrogen-bond donors (Lipinski definition) is 1. The molecule has 2 aromatic rings. The zero-order chi connectivity index (χ0) is 14.7. The smallest absolute Gasteiger partial charge is 0.313 e. The molecule has 8 heteroatoms. The van der Waals surface area contributed by atoms with Crippen LogP contribution in [-0.2, 0) is 11.8 Å². The van der Waals surface area contributed by atoms with Crippen LogP contribution in [-0.4, -0.2) is 38.7 Å². The molecule has 0 saturated carbocycles. The molecule has 6 nitrogen and oxygen atoms in total. The highest BCUT2D eigenvalue weighted by atomic mass is 32.2. The molecular weight excluding hydrogens is 285 g/mol. The van der Waals surface area contributed by atoms with Gasteiger partial charge in [0.2, 0.25) is 0 Å². The average Bonchev–Trinajstić information content (AvgIpc) is 2.76. The second kappa shape index (κ2) is 5.91. The van der Waals surface area contributed by atoms with Crippen molar-refractivity contribution in [2.45, 2.75) is 5.16 Å². The van der Waals surface area contributed by atoms with Crippen LogP contribution in [0.15, 0.2) is 23.4 Å². The van der Waals surface area contributed by atoms with Crippen molar-refractivity contribution in [3.8, 4) is 17.1 Å². The van der Waals surface area contributed by atoms with Gasteiger partial charge in [0.05, 0.1) is 18.4 Å². The van der Waals surface area contributed by atoms with Gasteiger partial charge < -0.3 is 9.84 Å². The molecule has 0 aliphatic heterocycles. The molecule has 1 aromatic carbocycles. The van der Waals surface area contributed by atoms with Gasteiger partial charge in [0.15, 0.2) is 11.0 Å². The third kappa shape index (κ3) is 2.90. The van der Waals surface area contributed by atoms with Crippen molar-refractivity contribution in [3.05, 3.63) is 24.0 Å². The minimum absolute atomic E-state index is 0.139. The highest BCUT2D eigenvalue weighted by Crippen LogP contribution is 2.31. The summed E-state index contributed by atoms with van der Waals surface area (Å²) in [5, 5.41) is 13.2. The number of thioether (sulfide) groups is 1. The quantitative estimate of drug-likeness (QED) is 0.848. The van der Waals surface area contributed by atoms with Gasteiger partial charge in [-0.3, -0.25) is 4.79 Å². The summed E-state index contributed by atoms with van der Waals surface area (Å²) in [7, 11) is 3.05. The van der Waals surface area contributed by atoms with Crippen LogP contribution in [0.1, 0.15) is 0 Å².